The third-order valence-electron chi connectivity index (χ3n) is 2.88. The van der Waals surface area contributed by atoms with Gasteiger partial charge in [0.05, 0.1) is 6.61 Å². The van der Waals surface area contributed by atoms with E-state index in [1.54, 1.807) is 0 Å². The highest BCUT2D eigenvalue weighted by molar-refractivity contribution is 9.09. The number of halogens is 1. The molecule has 1 rings (SSSR count). The molecule has 0 spiro atoms. The number of piperidine rings is 1. The Morgan fingerprint density at radius 3 is 3.07 bits per heavy atom. The summed E-state index contributed by atoms with van der Waals surface area (Å²) in [5.74, 6) is 0.907. The number of hydrogen-bond donors (Lipinski definition) is 0. The molecule has 1 atom stereocenters. The van der Waals surface area contributed by atoms with Gasteiger partial charge in [0.25, 0.3) is 0 Å². The van der Waals surface area contributed by atoms with Crippen LogP contribution in [0.4, 0.5) is 0 Å². The summed E-state index contributed by atoms with van der Waals surface area (Å²) in [6.07, 6.45) is 4.10. The Morgan fingerprint density at radius 2 is 2.36 bits per heavy atom. The summed E-state index contributed by atoms with van der Waals surface area (Å²) in [5, 5.41) is 1.15. The van der Waals surface area contributed by atoms with Gasteiger partial charge < -0.3 is 9.64 Å². The lowest BCUT2D eigenvalue weighted by Crippen LogP contribution is -2.37. The molecule has 0 aromatic rings. The maximum atomic E-state index is 5.38. The molecule has 0 aliphatic carbocycles. The summed E-state index contributed by atoms with van der Waals surface area (Å²) in [6.45, 7) is 7.47. The van der Waals surface area contributed by atoms with Crippen LogP contribution in [0.15, 0.2) is 0 Å². The third kappa shape index (κ3) is 4.76. The molecule has 3 heteroatoms. The molecule has 0 N–H and O–H groups in total. The largest absolute Gasteiger partial charge is 0.380 e. The van der Waals surface area contributed by atoms with Crippen LogP contribution in [0.5, 0.6) is 0 Å². The first-order valence-corrected chi connectivity index (χ1v) is 6.85. The number of ether oxygens (including phenoxy) is 1. The molecule has 0 amide bonds. The van der Waals surface area contributed by atoms with Crippen molar-refractivity contribution in [3.63, 3.8) is 0 Å². The maximum absolute atomic E-state index is 5.38. The molecule has 1 aliphatic heterocycles. The minimum Gasteiger partial charge on any atom is -0.380 e. The van der Waals surface area contributed by atoms with Crippen molar-refractivity contribution in [3.8, 4) is 0 Å². The molecule has 1 saturated heterocycles. The van der Waals surface area contributed by atoms with Gasteiger partial charge in [-0.25, -0.2) is 0 Å². The lowest BCUT2D eigenvalue weighted by Gasteiger charge is -2.32. The van der Waals surface area contributed by atoms with E-state index in [0.717, 1.165) is 31.0 Å². The van der Waals surface area contributed by atoms with Crippen LogP contribution in [0.1, 0.15) is 26.2 Å². The van der Waals surface area contributed by atoms with E-state index in [1.807, 2.05) is 0 Å². The van der Waals surface area contributed by atoms with Crippen molar-refractivity contribution >= 4 is 15.9 Å². The fourth-order valence-corrected chi connectivity index (χ4v) is 2.73. The topological polar surface area (TPSA) is 12.5 Å². The van der Waals surface area contributed by atoms with Gasteiger partial charge in [-0.15, -0.1) is 0 Å². The smallest absolute Gasteiger partial charge is 0.0593 e. The number of rotatable bonds is 6. The highest BCUT2D eigenvalue weighted by Gasteiger charge is 2.18. The SMILES string of the molecule is CCOCCN1CCCC(CCBr)C1. The predicted octanol–water partition coefficient (Wildman–Crippen LogP) is 2.52. The standard InChI is InChI=1S/C11H22BrNO/c1-2-14-9-8-13-7-3-4-11(10-13)5-6-12/h11H,2-10H2,1H3. The third-order valence-corrected chi connectivity index (χ3v) is 3.33. The maximum Gasteiger partial charge on any atom is 0.0593 e. The molecule has 1 heterocycles. The zero-order valence-electron chi connectivity index (χ0n) is 9.17. The summed E-state index contributed by atoms with van der Waals surface area (Å²) >= 11 is 3.53. The van der Waals surface area contributed by atoms with Crippen molar-refractivity contribution in [1.82, 2.24) is 4.90 Å². The minimum atomic E-state index is 0.846. The van der Waals surface area contributed by atoms with Crippen LogP contribution in [0.3, 0.4) is 0 Å². The van der Waals surface area contributed by atoms with Gasteiger partial charge in [0, 0.05) is 25.0 Å². The highest BCUT2D eigenvalue weighted by atomic mass is 79.9. The summed E-state index contributed by atoms with van der Waals surface area (Å²) in [4.78, 5) is 2.55. The lowest BCUT2D eigenvalue weighted by atomic mass is 9.96. The van der Waals surface area contributed by atoms with Crippen molar-refractivity contribution in [2.75, 3.05) is 38.2 Å². The molecule has 0 bridgehead atoms. The molecule has 84 valence electrons. The van der Waals surface area contributed by atoms with Crippen LogP contribution >= 0.6 is 15.9 Å². The first-order valence-electron chi connectivity index (χ1n) is 5.73. The van der Waals surface area contributed by atoms with Crippen molar-refractivity contribution < 1.29 is 4.74 Å². The molecule has 0 radical (unpaired) electrons. The van der Waals surface area contributed by atoms with E-state index >= 15 is 0 Å². The minimum absolute atomic E-state index is 0.846. The van der Waals surface area contributed by atoms with Gasteiger partial charge >= 0.3 is 0 Å². The van der Waals surface area contributed by atoms with Crippen LogP contribution in [-0.4, -0.2) is 43.1 Å². The van der Waals surface area contributed by atoms with Gasteiger partial charge in [0.15, 0.2) is 0 Å². The van der Waals surface area contributed by atoms with Gasteiger partial charge in [-0.2, -0.15) is 0 Å². The number of alkyl halides is 1. The Morgan fingerprint density at radius 1 is 1.50 bits per heavy atom. The molecular weight excluding hydrogens is 242 g/mol. The van der Waals surface area contributed by atoms with Gasteiger partial charge in [0.2, 0.25) is 0 Å². The molecule has 1 aliphatic rings. The molecule has 0 aromatic carbocycles. The predicted molar refractivity (Wildman–Crippen MR) is 64.1 cm³/mol. The van der Waals surface area contributed by atoms with Gasteiger partial charge in [-0.3, -0.25) is 0 Å². The van der Waals surface area contributed by atoms with E-state index in [1.165, 1.54) is 32.4 Å². The van der Waals surface area contributed by atoms with Crippen LogP contribution in [-0.2, 0) is 4.74 Å². The number of hydrogen-bond acceptors (Lipinski definition) is 2. The number of nitrogens with zero attached hydrogens (tertiary/aromatic N) is 1. The van der Waals surface area contributed by atoms with Gasteiger partial charge in [-0.1, -0.05) is 15.9 Å². The normalized spacial score (nSPS) is 24.0. The van der Waals surface area contributed by atoms with E-state index < -0.39 is 0 Å². The fraction of sp³-hybridized carbons (Fsp3) is 1.00. The quantitative estimate of drug-likeness (QED) is 0.540. The Bertz CT molecular complexity index is 141. The zero-order chi connectivity index (χ0) is 10.2. The average molecular weight is 264 g/mol. The molecule has 0 aromatic heterocycles. The van der Waals surface area contributed by atoms with Crippen molar-refractivity contribution in [3.05, 3.63) is 0 Å². The van der Waals surface area contributed by atoms with E-state index in [9.17, 15) is 0 Å². The Kier molecular flexibility index (Phi) is 6.82. The van der Waals surface area contributed by atoms with Gasteiger partial charge in [0.1, 0.15) is 0 Å². The van der Waals surface area contributed by atoms with Crippen molar-refractivity contribution in [1.29, 1.82) is 0 Å². The first kappa shape index (κ1) is 12.5. The molecule has 1 unspecified atom stereocenters. The van der Waals surface area contributed by atoms with Crippen LogP contribution in [0.2, 0.25) is 0 Å². The Hall–Kier alpha value is 0.400. The molecular formula is C11H22BrNO. The zero-order valence-corrected chi connectivity index (χ0v) is 10.8. The fourth-order valence-electron chi connectivity index (χ4n) is 2.08. The second-order valence-corrected chi connectivity index (χ2v) is 4.78. The van der Waals surface area contributed by atoms with E-state index in [-0.39, 0.29) is 0 Å². The summed E-state index contributed by atoms with van der Waals surface area (Å²) in [6, 6.07) is 0. The average Bonchev–Trinajstić information content (AvgIpc) is 2.19. The number of likely N-dealkylation sites (tertiary alicyclic amines) is 1. The van der Waals surface area contributed by atoms with E-state index in [2.05, 4.69) is 27.8 Å². The van der Waals surface area contributed by atoms with Crippen molar-refractivity contribution in [2.45, 2.75) is 26.2 Å². The molecule has 1 fully saturated rings. The lowest BCUT2D eigenvalue weighted by molar-refractivity contribution is 0.0914. The van der Waals surface area contributed by atoms with E-state index in [0.29, 0.717) is 0 Å². The molecule has 2 nitrogen and oxygen atoms in total. The summed E-state index contributed by atoms with van der Waals surface area (Å²) in [5.41, 5.74) is 0. The van der Waals surface area contributed by atoms with Gasteiger partial charge in [-0.05, 0) is 38.6 Å². The highest BCUT2D eigenvalue weighted by Crippen LogP contribution is 2.19. The van der Waals surface area contributed by atoms with Crippen molar-refractivity contribution in [2.24, 2.45) is 5.92 Å². The van der Waals surface area contributed by atoms with Crippen LogP contribution in [0.25, 0.3) is 0 Å². The second-order valence-electron chi connectivity index (χ2n) is 3.98. The monoisotopic (exact) mass is 263 g/mol. The van der Waals surface area contributed by atoms with E-state index in [4.69, 9.17) is 4.74 Å². The van der Waals surface area contributed by atoms with Crippen LogP contribution in [0, 0.1) is 5.92 Å². The Balaban J connectivity index is 2.12. The summed E-state index contributed by atoms with van der Waals surface area (Å²) < 4.78 is 5.38. The second kappa shape index (κ2) is 7.66. The van der Waals surface area contributed by atoms with Crippen LogP contribution < -0.4 is 0 Å². The summed E-state index contributed by atoms with van der Waals surface area (Å²) in [7, 11) is 0. The molecule has 0 saturated carbocycles. The first-order chi connectivity index (χ1) is 6.86. The molecule has 14 heavy (non-hydrogen) atoms. The Labute approximate surface area is 96.1 Å².